The molecule has 0 saturated carbocycles. The van der Waals surface area contributed by atoms with E-state index in [9.17, 15) is 0 Å². The fourth-order valence-electron chi connectivity index (χ4n) is 8.00. The highest BCUT2D eigenvalue weighted by molar-refractivity contribution is 8.00. The van der Waals surface area contributed by atoms with E-state index in [2.05, 4.69) is 158 Å². The molecule has 5 aliphatic rings. The van der Waals surface area contributed by atoms with E-state index >= 15 is 0 Å². The molecule has 0 bridgehead atoms. The fraction of sp³-hybridized carbons (Fsp3) is 0.283. The van der Waals surface area contributed by atoms with Crippen LogP contribution in [0.25, 0.3) is 27.1 Å². The monoisotopic (exact) mass is 773 g/mol. The van der Waals surface area contributed by atoms with Crippen LogP contribution in [0, 0.1) is 11.8 Å². The molecule has 1 heterocycles. The maximum Gasteiger partial charge on any atom is 0.0382 e. The Labute approximate surface area is 347 Å². The van der Waals surface area contributed by atoms with Crippen LogP contribution in [0.1, 0.15) is 76.0 Å². The number of hydrogen-bond donors (Lipinski definition) is 3. The fourth-order valence-corrected chi connectivity index (χ4v) is 9.47. The summed E-state index contributed by atoms with van der Waals surface area (Å²) in [4.78, 5) is 1.47. The van der Waals surface area contributed by atoms with Crippen molar-refractivity contribution in [1.29, 1.82) is 0 Å². The molecule has 3 nitrogen and oxygen atoms in total. The highest BCUT2D eigenvalue weighted by Gasteiger charge is 2.36. The second kappa shape index (κ2) is 22.3. The van der Waals surface area contributed by atoms with Crippen molar-refractivity contribution in [1.82, 2.24) is 0 Å². The van der Waals surface area contributed by atoms with E-state index in [-0.39, 0.29) is 6.04 Å². The molecule has 0 saturated heterocycles. The first-order chi connectivity index (χ1) is 28.1. The topological polar surface area (TPSA) is 78.1 Å². The number of benzene rings is 4. The lowest BCUT2D eigenvalue weighted by atomic mass is 9.80. The summed E-state index contributed by atoms with van der Waals surface area (Å²) in [7, 11) is 1.50. The number of fused-ring (bicyclic) bond motifs is 8. The molecule has 5 atom stereocenters. The molecule has 0 aromatic heterocycles. The van der Waals surface area contributed by atoms with Gasteiger partial charge >= 0.3 is 0 Å². The first-order valence-corrected chi connectivity index (χ1v) is 21.8. The summed E-state index contributed by atoms with van der Waals surface area (Å²) >= 11 is 2.04. The summed E-state index contributed by atoms with van der Waals surface area (Å²) in [5, 5.41) is 6.00. The largest absolute Gasteiger partial charge is 0.333 e. The second-order valence-electron chi connectivity index (χ2n) is 14.3. The quantitative estimate of drug-likeness (QED) is 0.139. The molecule has 4 aromatic rings. The van der Waals surface area contributed by atoms with Crippen molar-refractivity contribution < 1.29 is 0 Å². The van der Waals surface area contributed by atoms with Crippen LogP contribution >= 0.6 is 11.8 Å². The third-order valence-electron chi connectivity index (χ3n) is 10.9. The van der Waals surface area contributed by atoms with E-state index in [1.54, 1.807) is 0 Å². The van der Waals surface area contributed by atoms with E-state index in [1.807, 2.05) is 51.6 Å². The average Bonchev–Trinajstić information content (AvgIpc) is 3.71. The third-order valence-corrected chi connectivity index (χ3v) is 12.3. The Morgan fingerprint density at radius 1 is 0.737 bits per heavy atom. The van der Waals surface area contributed by atoms with Crippen molar-refractivity contribution in [3.63, 3.8) is 0 Å². The van der Waals surface area contributed by atoms with Crippen molar-refractivity contribution in [3.8, 4) is 0 Å². The van der Waals surface area contributed by atoms with Crippen LogP contribution in [0.15, 0.2) is 180 Å². The third kappa shape index (κ3) is 10.4. The molecule has 296 valence electrons. The highest BCUT2D eigenvalue weighted by atomic mass is 32.2. The summed E-state index contributed by atoms with van der Waals surface area (Å²) in [6.07, 6.45) is 38.2. The summed E-state index contributed by atoms with van der Waals surface area (Å²) in [5.41, 5.74) is 24.6. The van der Waals surface area contributed by atoms with Crippen molar-refractivity contribution in [2.45, 2.75) is 82.0 Å². The summed E-state index contributed by atoms with van der Waals surface area (Å²) in [6, 6.07) is 26.7. The zero-order valence-electron chi connectivity index (χ0n) is 34.7. The number of rotatable bonds is 5. The standard InChI is InChI=1S/C33H27NS.C13H17N.C4H8.C2H6.CH5N/c34-20-21-7-5-8-22(17-21)23-9-6-10-24(18-23)25-15-16-31-30(19-25)32-28-13-3-1-11-26(28)27-12-2-4-14-29(27)33(32)35-31;14-13(11-7-3-1-4-8-11)12-9-5-2-6-10-12;1-3-4-2;2*1-2/h1-9,11-19,24,30-31H,10,20,34H2;1,3-5,7,9-11,13H,2,6,8,14H2;3-4H,1-2H3;1-2H3;2H2,1H3/b;;4-3-;;. The minimum absolute atomic E-state index is 0.174. The lowest BCUT2D eigenvalue weighted by Crippen LogP contribution is -2.31. The molecule has 0 fully saturated rings. The van der Waals surface area contributed by atoms with Gasteiger partial charge in [0.1, 0.15) is 0 Å². The zero-order valence-corrected chi connectivity index (χ0v) is 35.5. The molecule has 0 spiro atoms. The molecular weight excluding hydrogens is 711 g/mol. The van der Waals surface area contributed by atoms with Gasteiger partial charge < -0.3 is 17.2 Å². The molecule has 4 heteroatoms. The van der Waals surface area contributed by atoms with Gasteiger partial charge in [-0.15, -0.1) is 11.8 Å². The van der Waals surface area contributed by atoms with Crippen LogP contribution in [-0.4, -0.2) is 18.3 Å². The van der Waals surface area contributed by atoms with Gasteiger partial charge in [0.25, 0.3) is 0 Å². The minimum Gasteiger partial charge on any atom is -0.333 e. The van der Waals surface area contributed by atoms with Crippen molar-refractivity contribution >= 4 is 38.9 Å². The average molecular weight is 774 g/mol. The molecule has 6 N–H and O–H groups in total. The smallest absolute Gasteiger partial charge is 0.0382 e. The summed E-state index contributed by atoms with van der Waals surface area (Å²) < 4.78 is 0. The molecule has 4 aromatic carbocycles. The van der Waals surface area contributed by atoms with Gasteiger partial charge in [0.15, 0.2) is 0 Å². The molecule has 57 heavy (non-hydrogen) atoms. The summed E-state index contributed by atoms with van der Waals surface area (Å²) in [6.45, 7) is 8.57. The number of allylic oxidation sites excluding steroid dienone is 14. The maximum atomic E-state index is 6.22. The normalized spacial score (nSPS) is 21.6. The van der Waals surface area contributed by atoms with Crippen LogP contribution in [0.4, 0.5) is 0 Å². The molecule has 1 aliphatic heterocycles. The number of nitrogens with two attached hydrogens (primary N) is 3. The van der Waals surface area contributed by atoms with Gasteiger partial charge in [0.05, 0.1) is 0 Å². The van der Waals surface area contributed by atoms with Gasteiger partial charge in [0, 0.05) is 34.6 Å². The Bertz CT molecular complexity index is 2220. The Balaban J connectivity index is 0.000000234. The van der Waals surface area contributed by atoms with Gasteiger partial charge in [-0.25, -0.2) is 0 Å². The van der Waals surface area contributed by atoms with Gasteiger partial charge in [-0.3, -0.25) is 0 Å². The Morgan fingerprint density at radius 2 is 1.46 bits per heavy atom. The number of thioether (sulfide) groups is 1. The van der Waals surface area contributed by atoms with Gasteiger partial charge in [-0.2, -0.15) is 0 Å². The zero-order chi connectivity index (χ0) is 40.6. The lowest BCUT2D eigenvalue weighted by Gasteiger charge is -2.25. The molecule has 0 amide bonds. The van der Waals surface area contributed by atoms with Crippen LogP contribution in [-0.2, 0) is 6.54 Å². The Morgan fingerprint density at radius 3 is 2.12 bits per heavy atom. The van der Waals surface area contributed by atoms with E-state index in [4.69, 9.17) is 11.5 Å². The predicted molar refractivity (Wildman–Crippen MR) is 253 cm³/mol. The van der Waals surface area contributed by atoms with E-state index < -0.39 is 0 Å². The van der Waals surface area contributed by atoms with E-state index in [1.165, 1.54) is 66.9 Å². The van der Waals surface area contributed by atoms with Crippen molar-refractivity contribution in [3.05, 3.63) is 192 Å². The molecule has 0 radical (unpaired) electrons. The van der Waals surface area contributed by atoms with Gasteiger partial charge in [-0.05, 0) is 114 Å². The van der Waals surface area contributed by atoms with Crippen LogP contribution in [0.2, 0.25) is 0 Å². The molecular formula is C53H63N3S. The minimum atomic E-state index is 0.174. The van der Waals surface area contributed by atoms with Crippen molar-refractivity contribution in [2.75, 3.05) is 7.05 Å². The maximum absolute atomic E-state index is 6.22. The Kier molecular flexibility index (Phi) is 17.0. The number of hydrogen-bond acceptors (Lipinski definition) is 4. The van der Waals surface area contributed by atoms with Crippen LogP contribution < -0.4 is 17.2 Å². The van der Waals surface area contributed by atoms with Crippen molar-refractivity contribution in [2.24, 2.45) is 29.0 Å². The molecule has 9 rings (SSSR count). The Hall–Kier alpha value is -4.71. The van der Waals surface area contributed by atoms with Crippen LogP contribution in [0.5, 0.6) is 0 Å². The van der Waals surface area contributed by atoms with E-state index in [0.717, 1.165) is 25.7 Å². The SMILES string of the molecule is C/C=C\C.CC.CN.NC(C1=CCCC=C1)C1C=CC=CC1.NCc1cccc(C2=CC(C3=CC4c5c(c6ccccc6c6ccccc56)SC4C=C3)CC=C2)c1. The van der Waals surface area contributed by atoms with E-state index in [0.29, 0.717) is 29.5 Å². The lowest BCUT2D eigenvalue weighted by molar-refractivity contribution is 0.562. The highest BCUT2D eigenvalue weighted by Crippen LogP contribution is 2.55. The van der Waals surface area contributed by atoms with Gasteiger partial charge in [0.2, 0.25) is 0 Å². The summed E-state index contributed by atoms with van der Waals surface area (Å²) in [5.74, 6) is 1.29. The molecule has 4 aliphatic carbocycles. The second-order valence-corrected chi connectivity index (χ2v) is 15.5. The first-order valence-electron chi connectivity index (χ1n) is 20.9. The molecule has 5 unspecified atom stereocenters. The predicted octanol–water partition coefficient (Wildman–Crippen LogP) is 13.1. The van der Waals surface area contributed by atoms with Crippen LogP contribution in [0.3, 0.4) is 0 Å². The van der Waals surface area contributed by atoms with Gasteiger partial charge in [-0.1, -0.05) is 172 Å². The first kappa shape index (κ1) is 43.4.